The van der Waals surface area contributed by atoms with Crippen LogP contribution in [0.15, 0.2) is 29.2 Å². The molecule has 0 heterocycles. The SMILES string of the molecule is CCNS(=O)(=O)c1ccc(CCNC(=O)CCNC(C)=O)cc1. The van der Waals surface area contributed by atoms with E-state index in [-0.39, 0.29) is 23.1 Å². The summed E-state index contributed by atoms with van der Waals surface area (Å²) in [7, 11) is -3.43. The maximum atomic E-state index is 11.8. The highest BCUT2D eigenvalue weighted by atomic mass is 32.2. The third-order valence-electron chi connectivity index (χ3n) is 3.03. The lowest BCUT2D eigenvalue weighted by molar-refractivity contribution is -0.121. The van der Waals surface area contributed by atoms with Crippen LogP contribution in [0, 0.1) is 0 Å². The van der Waals surface area contributed by atoms with Crippen LogP contribution < -0.4 is 15.4 Å². The van der Waals surface area contributed by atoms with Gasteiger partial charge in [-0.05, 0) is 24.1 Å². The number of sulfonamides is 1. The summed E-state index contributed by atoms with van der Waals surface area (Å²) in [6, 6.07) is 6.55. The number of carbonyl (C=O) groups is 2. The van der Waals surface area contributed by atoms with Crippen molar-refractivity contribution in [2.75, 3.05) is 19.6 Å². The van der Waals surface area contributed by atoms with Crippen molar-refractivity contribution in [3.8, 4) is 0 Å². The first-order valence-corrected chi connectivity index (χ1v) is 8.93. The monoisotopic (exact) mass is 341 g/mol. The number of amides is 2. The molecule has 8 heteroatoms. The molecule has 0 saturated carbocycles. The van der Waals surface area contributed by atoms with Gasteiger partial charge < -0.3 is 10.6 Å². The third kappa shape index (κ3) is 7.25. The van der Waals surface area contributed by atoms with Crippen molar-refractivity contribution in [3.05, 3.63) is 29.8 Å². The van der Waals surface area contributed by atoms with Crippen LogP contribution in [0.5, 0.6) is 0 Å². The molecule has 0 atom stereocenters. The highest BCUT2D eigenvalue weighted by Crippen LogP contribution is 2.10. The molecular weight excluding hydrogens is 318 g/mol. The molecule has 1 aromatic carbocycles. The molecule has 1 rings (SSSR count). The van der Waals surface area contributed by atoms with Gasteiger partial charge in [-0.15, -0.1) is 0 Å². The summed E-state index contributed by atoms with van der Waals surface area (Å²) in [6.07, 6.45) is 0.840. The highest BCUT2D eigenvalue weighted by Gasteiger charge is 2.11. The molecule has 128 valence electrons. The molecule has 0 unspecified atom stereocenters. The van der Waals surface area contributed by atoms with Crippen molar-refractivity contribution in [2.45, 2.75) is 31.6 Å². The topological polar surface area (TPSA) is 104 Å². The van der Waals surface area contributed by atoms with Crippen LogP contribution in [-0.2, 0) is 26.0 Å². The molecule has 0 spiro atoms. The lowest BCUT2D eigenvalue weighted by Crippen LogP contribution is -2.30. The molecule has 0 aliphatic rings. The molecule has 0 saturated heterocycles. The zero-order chi connectivity index (χ0) is 17.3. The molecule has 0 fully saturated rings. The Kier molecular flexibility index (Phi) is 7.70. The number of nitrogens with one attached hydrogen (secondary N) is 3. The number of benzene rings is 1. The Morgan fingerprint density at radius 3 is 2.26 bits per heavy atom. The van der Waals surface area contributed by atoms with E-state index in [1.165, 1.54) is 6.92 Å². The van der Waals surface area contributed by atoms with E-state index < -0.39 is 10.0 Å². The van der Waals surface area contributed by atoms with E-state index in [0.29, 0.717) is 26.1 Å². The normalized spacial score (nSPS) is 11.0. The second-order valence-electron chi connectivity index (χ2n) is 4.98. The van der Waals surface area contributed by atoms with E-state index in [1.807, 2.05) is 0 Å². The first-order chi connectivity index (χ1) is 10.8. The molecule has 0 radical (unpaired) electrons. The predicted octanol–water partition coefficient (Wildman–Crippen LogP) is 0.170. The molecule has 0 bridgehead atoms. The predicted molar refractivity (Wildman–Crippen MR) is 87.3 cm³/mol. The molecule has 23 heavy (non-hydrogen) atoms. The maximum absolute atomic E-state index is 11.8. The molecule has 1 aromatic rings. The van der Waals surface area contributed by atoms with E-state index in [0.717, 1.165) is 5.56 Å². The summed E-state index contributed by atoms with van der Waals surface area (Å²) in [6.45, 7) is 4.24. The summed E-state index contributed by atoms with van der Waals surface area (Å²) in [5, 5.41) is 5.30. The molecule has 0 aliphatic heterocycles. The average Bonchev–Trinajstić information content (AvgIpc) is 2.47. The molecular formula is C15H23N3O4S. The third-order valence-corrected chi connectivity index (χ3v) is 4.59. The quantitative estimate of drug-likeness (QED) is 0.595. The average molecular weight is 341 g/mol. The standard InChI is InChI=1S/C15H23N3O4S/c1-3-18-23(21,22)14-6-4-13(5-7-14)8-10-17-15(20)9-11-16-12(2)19/h4-7,18H,3,8-11H2,1-2H3,(H,16,19)(H,17,20). The lowest BCUT2D eigenvalue weighted by atomic mass is 10.1. The van der Waals surface area contributed by atoms with E-state index in [1.54, 1.807) is 31.2 Å². The molecule has 3 N–H and O–H groups in total. The van der Waals surface area contributed by atoms with Crippen LogP contribution in [-0.4, -0.2) is 39.9 Å². The molecule has 7 nitrogen and oxygen atoms in total. The smallest absolute Gasteiger partial charge is 0.240 e. The van der Waals surface area contributed by atoms with Gasteiger partial charge in [-0.1, -0.05) is 19.1 Å². The van der Waals surface area contributed by atoms with Gasteiger partial charge in [0.2, 0.25) is 21.8 Å². The molecule has 2 amide bonds. The van der Waals surface area contributed by atoms with Gasteiger partial charge in [0.05, 0.1) is 4.90 Å². The van der Waals surface area contributed by atoms with Gasteiger partial charge >= 0.3 is 0 Å². The van der Waals surface area contributed by atoms with Crippen LogP contribution >= 0.6 is 0 Å². The fourth-order valence-electron chi connectivity index (χ4n) is 1.90. The Hall–Kier alpha value is -1.93. The van der Waals surface area contributed by atoms with Crippen molar-refractivity contribution in [1.29, 1.82) is 0 Å². The Bertz CT molecular complexity index is 627. The van der Waals surface area contributed by atoms with E-state index in [9.17, 15) is 18.0 Å². The lowest BCUT2D eigenvalue weighted by Gasteiger charge is -2.07. The van der Waals surface area contributed by atoms with Crippen LogP contribution in [0.1, 0.15) is 25.8 Å². The summed E-state index contributed by atoms with van der Waals surface area (Å²) in [5.74, 6) is -0.296. The maximum Gasteiger partial charge on any atom is 0.240 e. The van der Waals surface area contributed by atoms with Gasteiger partial charge in [0, 0.05) is 33.0 Å². The van der Waals surface area contributed by atoms with E-state index in [4.69, 9.17) is 0 Å². The number of rotatable bonds is 9. The van der Waals surface area contributed by atoms with Crippen LogP contribution in [0.2, 0.25) is 0 Å². The van der Waals surface area contributed by atoms with Crippen LogP contribution in [0.25, 0.3) is 0 Å². The van der Waals surface area contributed by atoms with Gasteiger partial charge in [0.15, 0.2) is 0 Å². The van der Waals surface area contributed by atoms with Crippen LogP contribution in [0.3, 0.4) is 0 Å². The van der Waals surface area contributed by atoms with Crippen molar-refractivity contribution in [2.24, 2.45) is 0 Å². The van der Waals surface area contributed by atoms with E-state index >= 15 is 0 Å². The minimum Gasteiger partial charge on any atom is -0.356 e. The fraction of sp³-hybridized carbons (Fsp3) is 0.467. The summed E-state index contributed by atoms with van der Waals surface area (Å²) < 4.78 is 26.0. The first-order valence-electron chi connectivity index (χ1n) is 7.45. The fourth-order valence-corrected chi connectivity index (χ4v) is 2.94. The van der Waals surface area contributed by atoms with Gasteiger partial charge in [0.25, 0.3) is 0 Å². The number of hydrogen-bond acceptors (Lipinski definition) is 4. The summed E-state index contributed by atoms with van der Waals surface area (Å²) in [4.78, 5) is 22.4. The molecule has 0 aromatic heterocycles. The zero-order valence-electron chi connectivity index (χ0n) is 13.4. The van der Waals surface area contributed by atoms with Gasteiger partial charge in [-0.3, -0.25) is 9.59 Å². The highest BCUT2D eigenvalue weighted by molar-refractivity contribution is 7.89. The van der Waals surface area contributed by atoms with Crippen molar-refractivity contribution < 1.29 is 18.0 Å². The Balaban J connectivity index is 2.39. The van der Waals surface area contributed by atoms with Crippen molar-refractivity contribution in [3.63, 3.8) is 0 Å². The van der Waals surface area contributed by atoms with Crippen molar-refractivity contribution in [1.82, 2.24) is 15.4 Å². The minimum absolute atomic E-state index is 0.134. The second kappa shape index (κ2) is 9.26. The Labute approximate surface area is 136 Å². The minimum atomic E-state index is -3.43. The largest absolute Gasteiger partial charge is 0.356 e. The summed E-state index contributed by atoms with van der Waals surface area (Å²) in [5.41, 5.74) is 0.933. The Morgan fingerprint density at radius 2 is 1.70 bits per heavy atom. The number of hydrogen-bond donors (Lipinski definition) is 3. The van der Waals surface area contributed by atoms with Gasteiger partial charge in [-0.25, -0.2) is 13.1 Å². The van der Waals surface area contributed by atoms with Gasteiger partial charge in [-0.2, -0.15) is 0 Å². The zero-order valence-corrected chi connectivity index (χ0v) is 14.2. The summed E-state index contributed by atoms with van der Waals surface area (Å²) >= 11 is 0. The van der Waals surface area contributed by atoms with Crippen LogP contribution in [0.4, 0.5) is 0 Å². The second-order valence-corrected chi connectivity index (χ2v) is 6.75. The molecule has 0 aliphatic carbocycles. The van der Waals surface area contributed by atoms with Crippen molar-refractivity contribution >= 4 is 21.8 Å². The van der Waals surface area contributed by atoms with E-state index in [2.05, 4.69) is 15.4 Å². The Morgan fingerprint density at radius 1 is 1.04 bits per heavy atom. The first kappa shape index (κ1) is 19.1. The number of carbonyl (C=O) groups excluding carboxylic acids is 2. The van der Waals surface area contributed by atoms with Gasteiger partial charge in [0.1, 0.15) is 0 Å².